The van der Waals surface area contributed by atoms with Crippen molar-refractivity contribution in [1.82, 2.24) is 9.97 Å². The number of halogens is 2. The Morgan fingerprint density at radius 3 is 2.57 bits per heavy atom. The molecule has 3 N–H and O–H groups in total. The van der Waals surface area contributed by atoms with E-state index in [9.17, 15) is 0 Å². The van der Waals surface area contributed by atoms with E-state index in [2.05, 4.69) is 43.3 Å². The zero-order chi connectivity index (χ0) is 15.4. The average Bonchev–Trinajstić information content (AvgIpc) is 3.05. The monoisotopic (exact) mass is 394 g/mol. The number of anilines is 2. The summed E-state index contributed by atoms with van der Waals surface area (Å²) >= 11 is 3.52. The molecule has 0 saturated carbocycles. The summed E-state index contributed by atoms with van der Waals surface area (Å²) in [5.74, 6) is 1.51. The van der Waals surface area contributed by atoms with Crippen molar-refractivity contribution < 1.29 is 4.42 Å². The third-order valence-electron chi connectivity index (χ3n) is 3.17. The minimum atomic E-state index is 0. The molecule has 3 rings (SSSR count). The molecule has 5 nitrogen and oxygen atoms in total. The summed E-state index contributed by atoms with van der Waals surface area (Å²) < 4.78 is 6.12. The van der Waals surface area contributed by atoms with Crippen LogP contribution in [0.1, 0.15) is 5.56 Å². The van der Waals surface area contributed by atoms with Crippen LogP contribution in [0.2, 0.25) is 0 Å². The molecular weight excluding hydrogens is 380 g/mol. The van der Waals surface area contributed by atoms with Crippen LogP contribution < -0.4 is 11.1 Å². The normalized spacial score (nSPS) is 10.1. The molecule has 2 heterocycles. The highest BCUT2D eigenvalue weighted by Crippen LogP contribution is 2.32. The molecule has 0 fully saturated rings. The Morgan fingerprint density at radius 1 is 1.09 bits per heavy atom. The SMILES string of the molecule is Cl.Nc1nc(NCCc2ccccc2)c(Br)c(-c2ccco2)n1. The molecule has 0 spiro atoms. The van der Waals surface area contributed by atoms with Gasteiger partial charge in [-0.2, -0.15) is 4.98 Å². The molecule has 0 aliphatic rings. The van der Waals surface area contributed by atoms with Crippen molar-refractivity contribution in [2.24, 2.45) is 0 Å². The Balaban J connectivity index is 0.00000192. The minimum Gasteiger partial charge on any atom is -0.463 e. The van der Waals surface area contributed by atoms with E-state index in [0.717, 1.165) is 17.4 Å². The van der Waals surface area contributed by atoms with Crippen LogP contribution in [0.4, 0.5) is 11.8 Å². The van der Waals surface area contributed by atoms with Gasteiger partial charge in [0.25, 0.3) is 0 Å². The summed E-state index contributed by atoms with van der Waals surface area (Å²) in [7, 11) is 0. The lowest BCUT2D eigenvalue weighted by atomic mass is 10.1. The summed E-state index contributed by atoms with van der Waals surface area (Å²) in [6.07, 6.45) is 2.50. The Morgan fingerprint density at radius 2 is 1.87 bits per heavy atom. The van der Waals surface area contributed by atoms with Crippen LogP contribution in [0.15, 0.2) is 57.6 Å². The van der Waals surface area contributed by atoms with E-state index >= 15 is 0 Å². The van der Waals surface area contributed by atoms with Crippen molar-refractivity contribution in [2.45, 2.75) is 6.42 Å². The molecule has 2 aromatic heterocycles. The van der Waals surface area contributed by atoms with E-state index in [1.165, 1.54) is 5.56 Å². The molecule has 120 valence electrons. The second-order valence-electron chi connectivity index (χ2n) is 4.73. The van der Waals surface area contributed by atoms with E-state index in [-0.39, 0.29) is 18.4 Å². The number of rotatable bonds is 5. The molecule has 0 atom stereocenters. The summed E-state index contributed by atoms with van der Waals surface area (Å²) in [6.45, 7) is 0.747. The zero-order valence-corrected chi connectivity index (χ0v) is 14.6. The average molecular weight is 396 g/mol. The zero-order valence-electron chi connectivity index (χ0n) is 12.2. The molecule has 1 aromatic carbocycles. The number of hydrogen-bond acceptors (Lipinski definition) is 5. The largest absolute Gasteiger partial charge is 0.463 e. The second-order valence-corrected chi connectivity index (χ2v) is 5.53. The van der Waals surface area contributed by atoms with Crippen LogP contribution >= 0.6 is 28.3 Å². The lowest BCUT2D eigenvalue weighted by molar-refractivity contribution is 0.579. The molecule has 0 amide bonds. The number of nitrogens with one attached hydrogen (secondary N) is 1. The van der Waals surface area contributed by atoms with Gasteiger partial charge < -0.3 is 15.5 Å². The predicted molar refractivity (Wildman–Crippen MR) is 97.7 cm³/mol. The summed E-state index contributed by atoms with van der Waals surface area (Å²) in [5, 5.41) is 3.28. The van der Waals surface area contributed by atoms with Crippen LogP contribution in [0.3, 0.4) is 0 Å². The fourth-order valence-corrected chi connectivity index (χ4v) is 2.64. The maximum Gasteiger partial charge on any atom is 0.222 e. The van der Waals surface area contributed by atoms with E-state index in [1.807, 2.05) is 30.3 Å². The smallest absolute Gasteiger partial charge is 0.222 e. The number of nitrogens with zero attached hydrogens (tertiary/aromatic N) is 2. The molecule has 7 heteroatoms. The maximum atomic E-state index is 5.79. The quantitative estimate of drug-likeness (QED) is 0.678. The van der Waals surface area contributed by atoms with Crippen LogP contribution in [-0.4, -0.2) is 16.5 Å². The number of hydrogen-bond donors (Lipinski definition) is 2. The number of benzene rings is 1. The van der Waals surface area contributed by atoms with Gasteiger partial charge >= 0.3 is 0 Å². The topological polar surface area (TPSA) is 77.0 Å². The van der Waals surface area contributed by atoms with Crippen molar-refractivity contribution in [3.05, 3.63) is 58.8 Å². The summed E-state index contributed by atoms with van der Waals surface area (Å²) in [5.41, 5.74) is 7.69. The first-order chi connectivity index (χ1) is 10.7. The molecule has 0 unspecified atom stereocenters. The Kier molecular flexibility index (Phi) is 6.01. The summed E-state index contributed by atoms with van der Waals surface area (Å²) in [4.78, 5) is 8.47. The molecule has 0 radical (unpaired) electrons. The molecule has 0 bridgehead atoms. The molecule has 0 aliphatic carbocycles. The molecule has 3 aromatic rings. The van der Waals surface area contributed by atoms with Gasteiger partial charge in [0.05, 0.1) is 10.7 Å². The third kappa shape index (κ3) is 4.24. The van der Waals surface area contributed by atoms with E-state index in [0.29, 0.717) is 17.3 Å². The number of furan rings is 1. The molecule has 0 saturated heterocycles. The predicted octanol–water partition coefficient (Wildman–Crippen LogP) is 4.16. The van der Waals surface area contributed by atoms with Gasteiger partial charge in [0.15, 0.2) is 5.76 Å². The first-order valence-electron chi connectivity index (χ1n) is 6.89. The van der Waals surface area contributed by atoms with Gasteiger partial charge in [-0.15, -0.1) is 12.4 Å². The van der Waals surface area contributed by atoms with Crippen molar-refractivity contribution in [3.8, 4) is 11.5 Å². The van der Waals surface area contributed by atoms with Gasteiger partial charge in [-0.3, -0.25) is 0 Å². The van der Waals surface area contributed by atoms with Crippen LogP contribution in [0.25, 0.3) is 11.5 Å². The first kappa shape index (κ1) is 17.3. The van der Waals surface area contributed by atoms with Gasteiger partial charge in [0.2, 0.25) is 5.95 Å². The van der Waals surface area contributed by atoms with Crippen molar-refractivity contribution in [2.75, 3.05) is 17.6 Å². The maximum absolute atomic E-state index is 5.79. The fourth-order valence-electron chi connectivity index (χ4n) is 2.13. The van der Waals surface area contributed by atoms with Gasteiger partial charge in [-0.1, -0.05) is 30.3 Å². The minimum absolute atomic E-state index is 0. The van der Waals surface area contributed by atoms with Crippen molar-refractivity contribution in [1.29, 1.82) is 0 Å². The van der Waals surface area contributed by atoms with Crippen LogP contribution in [0.5, 0.6) is 0 Å². The Hall–Kier alpha value is -2.05. The van der Waals surface area contributed by atoms with Crippen LogP contribution in [0, 0.1) is 0 Å². The first-order valence-corrected chi connectivity index (χ1v) is 7.68. The van der Waals surface area contributed by atoms with E-state index in [4.69, 9.17) is 10.2 Å². The lowest BCUT2D eigenvalue weighted by Crippen LogP contribution is -2.09. The van der Waals surface area contributed by atoms with Crippen LogP contribution in [-0.2, 0) is 6.42 Å². The molecule has 23 heavy (non-hydrogen) atoms. The van der Waals surface area contributed by atoms with Crippen molar-refractivity contribution >= 4 is 40.1 Å². The van der Waals surface area contributed by atoms with Gasteiger partial charge in [0, 0.05) is 6.54 Å². The van der Waals surface area contributed by atoms with Gasteiger partial charge in [0.1, 0.15) is 11.5 Å². The number of nitrogen functional groups attached to an aromatic ring is 1. The standard InChI is InChI=1S/C16H15BrN4O.ClH/c17-13-14(12-7-4-10-22-12)20-16(18)21-15(13)19-9-8-11-5-2-1-3-6-11;/h1-7,10H,8-9H2,(H3,18,19,20,21);1H. The third-order valence-corrected chi connectivity index (χ3v) is 3.92. The van der Waals surface area contributed by atoms with Gasteiger partial charge in [-0.25, -0.2) is 4.98 Å². The highest BCUT2D eigenvalue weighted by Gasteiger charge is 2.14. The molecular formula is C16H16BrClN4O. The molecule has 0 aliphatic heterocycles. The highest BCUT2D eigenvalue weighted by atomic mass is 79.9. The summed E-state index contributed by atoms with van der Waals surface area (Å²) in [6, 6.07) is 13.9. The highest BCUT2D eigenvalue weighted by molar-refractivity contribution is 9.10. The number of aromatic nitrogens is 2. The Bertz CT molecular complexity index is 750. The van der Waals surface area contributed by atoms with E-state index < -0.39 is 0 Å². The lowest BCUT2D eigenvalue weighted by Gasteiger charge is -2.10. The van der Waals surface area contributed by atoms with Crippen molar-refractivity contribution in [3.63, 3.8) is 0 Å². The van der Waals surface area contributed by atoms with E-state index in [1.54, 1.807) is 6.26 Å². The van der Waals surface area contributed by atoms with Gasteiger partial charge in [-0.05, 0) is 40.0 Å². The fraction of sp³-hybridized carbons (Fsp3) is 0.125. The second kappa shape index (κ2) is 7.99. The Labute approximate surface area is 148 Å². The number of nitrogens with two attached hydrogens (primary N) is 1.